The van der Waals surface area contributed by atoms with Gasteiger partial charge in [-0.15, -0.1) is 0 Å². The van der Waals surface area contributed by atoms with Crippen LogP contribution >= 0.6 is 0 Å². The fraction of sp³-hybridized carbons (Fsp3) is 0.176. The van der Waals surface area contributed by atoms with Gasteiger partial charge in [0.25, 0.3) is 5.91 Å². The molecule has 0 fully saturated rings. The van der Waals surface area contributed by atoms with Crippen molar-refractivity contribution < 1.29 is 19.0 Å². The highest BCUT2D eigenvalue weighted by Gasteiger charge is 2.18. The molecule has 0 saturated carbocycles. The topological polar surface area (TPSA) is 80.6 Å². The van der Waals surface area contributed by atoms with Gasteiger partial charge in [0.1, 0.15) is 5.75 Å². The fourth-order valence-corrected chi connectivity index (χ4v) is 2.11. The number of benzene rings is 2. The normalized spacial score (nSPS) is 13.0. The predicted molar refractivity (Wildman–Crippen MR) is 82.4 cm³/mol. The van der Waals surface area contributed by atoms with Crippen LogP contribution in [0.4, 0.5) is 5.69 Å². The second-order valence-electron chi connectivity index (χ2n) is 4.96. The van der Waals surface area contributed by atoms with E-state index in [1.54, 1.807) is 49.4 Å². The average molecular weight is 310 g/mol. The van der Waals surface area contributed by atoms with Gasteiger partial charge in [0.2, 0.25) is 6.79 Å². The van der Waals surface area contributed by atoms with Gasteiger partial charge in [-0.1, -0.05) is 6.07 Å². The van der Waals surface area contributed by atoms with Gasteiger partial charge in [-0.3, -0.25) is 4.79 Å². The van der Waals surface area contributed by atoms with Gasteiger partial charge in [-0.2, -0.15) is 5.26 Å². The van der Waals surface area contributed by atoms with Crippen LogP contribution in [0.15, 0.2) is 42.5 Å². The molecule has 0 radical (unpaired) electrons. The molecular weight excluding hydrogens is 296 g/mol. The van der Waals surface area contributed by atoms with Gasteiger partial charge < -0.3 is 19.5 Å². The van der Waals surface area contributed by atoms with Crippen LogP contribution in [0.1, 0.15) is 12.5 Å². The first-order chi connectivity index (χ1) is 11.2. The molecule has 23 heavy (non-hydrogen) atoms. The maximum Gasteiger partial charge on any atom is 0.265 e. The van der Waals surface area contributed by atoms with E-state index < -0.39 is 6.10 Å². The molecule has 0 bridgehead atoms. The van der Waals surface area contributed by atoms with Crippen LogP contribution in [0.3, 0.4) is 0 Å². The van der Waals surface area contributed by atoms with Gasteiger partial charge in [0, 0.05) is 11.8 Å². The van der Waals surface area contributed by atoms with Crippen LogP contribution < -0.4 is 19.5 Å². The maximum atomic E-state index is 12.2. The van der Waals surface area contributed by atoms with Gasteiger partial charge in [0.05, 0.1) is 11.6 Å². The molecule has 3 rings (SSSR count). The number of amides is 1. The number of carbonyl (C=O) groups is 1. The SMILES string of the molecule is C[C@@H](Oc1cccc(C#N)c1)C(=O)Nc1ccc2c(c1)OCO2. The van der Waals surface area contributed by atoms with Gasteiger partial charge >= 0.3 is 0 Å². The molecule has 116 valence electrons. The van der Waals surface area contributed by atoms with Crippen molar-refractivity contribution in [2.45, 2.75) is 13.0 Å². The lowest BCUT2D eigenvalue weighted by Gasteiger charge is -2.15. The summed E-state index contributed by atoms with van der Waals surface area (Å²) < 4.78 is 16.1. The zero-order chi connectivity index (χ0) is 16.2. The predicted octanol–water partition coefficient (Wildman–Crippen LogP) is 2.69. The number of nitrogens with one attached hydrogen (secondary N) is 1. The molecule has 1 atom stereocenters. The third-order valence-electron chi connectivity index (χ3n) is 3.29. The average Bonchev–Trinajstić information content (AvgIpc) is 3.02. The third kappa shape index (κ3) is 3.35. The molecule has 0 saturated heterocycles. The summed E-state index contributed by atoms with van der Waals surface area (Å²) in [6.07, 6.45) is -0.714. The minimum Gasteiger partial charge on any atom is -0.481 e. The Morgan fingerprint density at radius 3 is 2.91 bits per heavy atom. The molecule has 0 aromatic heterocycles. The Morgan fingerprint density at radius 1 is 1.26 bits per heavy atom. The number of nitriles is 1. The summed E-state index contributed by atoms with van der Waals surface area (Å²) in [6.45, 7) is 1.82. The van der Waals surface area contributed by atoms with E-state index in [4.69, 9.17) is 19.5 Å². The Hall–Kier alpha value is -3.20. The molecular formula is C17H14N2O4. The quantitative estimate of drug-likeness (QED) is 0.939. The first kappa shape index (κ1) is 14.7. The Morgan fingerprint density at radius 2 is 2.09 bits per heavy atom. The largest absolute Gasteiger partial charge is 0.481 e. The van der Waals surface area contributed by atoms with Crippen molar-refractivity contribution in [1.29, 1.82) is 5.26 Å². The fourth-order valence-electron chi connectivity index (χ4n) is 2.11. The van der Waals surface area contributed by atoms with Crippen LogP contribution in [0.5, 0.6) is 17.2 Å². The van der Waals surface area contributed by atoms with Crippen molar-refractivity contribution in [3.8, 4) is 23.3 Å². The molecule has 2 aromatic rings. The smallest absolute Gasteiger partial charge is 0.265 e. The standard InChI is InChI=1S/C17H14N2O4/c1-11(23-14-4-2-3-12(7-14)9-18)17(20)19-13-5-6-15-16(8-13)22-10-21-15/h2-8,11H,10H2,1H3,(H,19,20)/t11-/m1/s1. The lowest BCUT2D eigenvalue weighted by Crippen LogP contribution is -2.30. The van der Waals surface area contributed by atoms with E-state index in [0.717, 1.165) is 0 Å². The van der Waals surface area contributed by atoms with Gasteiger partial charge in [-0.25, -0.2) is 0 Å². The van der Waals surface area contributed by atoms with E-state index in [1.165, 1.54) is 0 Å². The number of fused-ring (bicyclic) bond motifs is 1. The van der Waals surface area contributed by atoms with Crippen molar-refractivity contribution in [2.24, 2.45) is 0 Å². The molecule has 0 unspecified atom stereocenters. The lowest BCUT2D eigenvalue weighted by atomic mass is 10.2. The zero-order valence-electron chi connectivity index (χ0n) is 12.4. The minimum atomic E-state index is -0.714. The van der Waals surface area contributed by atoms with Crippen molar-refractivity contribution in [2.75, 3.05) is 12.1 Å². The van der Waals surface area contributed by atoms with Crippen LogP contribution in [-0.2, 0) is 4.79 Å². The molecule has 1 heterocycles. The molecule has 1 aliphatic rings. The number of ether oxygens (including phenoxy) is 3. The second kappa shape index (κ2) is 6.28. The highest BCUT2D eigenvalue weighted by atomic mass is 16.7. The van der Waals surface area contributed by atoms with Crippen LogP contribution in [0.2, 0.25) is 0 Å². The molecule has 0 aliphatic carbocycles. The van der Waals surface area contributed by atoms with Crippen LogP contribution in [0, 0.1) is 11.3 Å². The zero-order valence-corrected chi connectivity index (χ0v) is 12.4. The van der Waals surface area contributed by atoms with E-state index in [2.05, 4.69) is 5.32 Å². The molecule has 1 aliphatic heterocycles. The summed E-state index contributed by atoms with van der Waals surface area (Å²) in [5.74, 6) is 1.42. The Bertz CT molecular complexity index is 782. The Balaban J connectivity index is 1.64. The van der Waals surface area contributed by atoms with Gasteiger partial charge in [-0.05, 0) is 37.3 Å². The highest BCUT2D eigenvalue weighted by molar-refractivity contribution is 5.94. The molecule has 0 spiro atoms. The number of hydrogen-bond acceptors (Lipinski definition) is 5. The maximum absolute atomic E-state index is 12.2. The summed E-state index contributed by atoms with van der Waals surface area (Å²) in [7, 11) is 0. The highest BCUT2D eigenvalue weighted by Crippen LogP contribution is 2.34. The summed E-state index contributed by atoms with van der Waals surface area (Å²) in [4.78, 5) is 12.2. The lowest BCUT2D eigenvalue weighted by molar-refractivity contribution is -0.122. The van der Waals surface area contributed by atoms with E-state index in [0.29, 0.717) is 28.5 Å². The summed E-state index contributed by atoms with van der Waals surface area (Å²) >= 11 is 0. The number of rotatable bonds is 4. The molecule has 1 N–H and O–H groups in total. The second-order valence-corrected chi connectivity index (χ2v) is 4.96. The van der Waals surface area contributed by atoms with E-state index in [9.17, 15) is 4.79 Å². The molecule has 1 amide bonds. The summed E-state index contributed by atoms with van der Waals surface area (Å²) in [5.41, 5.74) is 1.08. The number of nitrogens with zero attached hydrogens (tertiary/aromatic N) is 1. The Kier molecular flexibility index (Phi) is 4.02. The summed E-state index contributed by atoms with van der Waals surface area (Å²) in [5, 5.41) is 11.6. The van der Waals surface area contributed by atoms with Gasteiger partial charge in [0.15, 0.2) is 17.6 Å². The number of carbonyl (C=O) groups excluding carboxylic acids is 1. The molecule has 2 aromatic carbocycles. The number of hydrogen-bond donors (Lipinski definition) is 1. The first-order valence-electron chi connectivity index (χ1n) is 7.03. The summed E-state index contributed by atoms with van der Waals surface area (Å²) in [6, 6.07) is 13.9. The first-order valence-corrected chi connectivity index (χ1v) is 7.03. The third-order valence-corrected chi connectivity index (χ3v) is 3.29. The van der Waals surface area contributed by atoms with Crippen molar-refractivity contribution in [1.82, 2.24) is 0 Å². The van der Waals surface area contributed by atoms with E-state index in [1.807, 2.05) is 6.07 Å². The van der Waals surface area contributed by atoms with Crippen LogP contribution in [0.25, 0.3) is 0 Å². The van der Waals surface area contributed by atoms with E-state index in [-0.39, 0.29) is 12.7 Å². The monoisotopic (exact) mass is 310 g/mol. The van der Waals surface area contributed by atoms with Crippen molar-refractivity contribution >= 4 is 11.6 Å². The van der Waals surface area contributed by atoms with E-state index >= 15 is 0 Å². The van der Waals surface area contributed by atoms with Crippen LogP contribution in [-0.4, -0.2) is 18.8 Å². The molecule has 6 nitrogen and oxygen atoms in total. The molecule has 6 heteroatoms. The van der Waals surface area contributed by atoms with Crippen molar-refractivity contribution in [3.63, 3.8) is 0 Å². The number of anilines is 1. The Labute approximate surface area is 133 Å². The minimum absolute atomic E-state index is 0.182. The van der Waals surface area contributed by atoms with Crippen molar-refractivity contribution in [3.05, 3.63) is 48.0 Å².